The van der Waals surface area contributed by atoms with E-state index in [1.54, 1.807) is 6.92 Å². The first-order valence-electron chi connectivity index (χ1n) is 7.71. The van der Waals surface area contributed by atoms with Crippen molar-refractivity contribution in [3.8, 4) is 0 Å². The number of hydrogen-bond acceptors (Lipinski definition) is 4. The lowest BCUT2D eigenvalue weighted by Crippen LogP contribution is -2.32. The number of rotatable bonds is 5. The van der Waals surface area contributed by atoms with Crippen LogP contribution >= 0.6 is 0 Å². The monoisotopic (exact) mass is 314 g/mol. The van der Waals surface area contributed by atoms with Crippen LogP contribution in [-0.2, 0) is 24.2 Å². The molecule has 0 aliphatic rings. The third-order valence-corrected chi connectivity index (χ3v) is 3.83. The molecule has 1 heterocycles. The van der Waals surface area contributed by atoms with Crippen LogP contribution in [0.1, 0.15) is 30.7 Å². The number of nitrogens with two attached hydrogens (primary N) is 1. The van der Waals surface area contributed by atoms with Gasteiger partial charge in [-0.25, -0.2) is 4.98 Å². The number of carbonyl (C=O) groups is 1. The molecular weight excluding hydrogens is 292 g/mol. The molecule has 1 amide bonds. The highest BCUT2D eigenvalue weighted by Crippen LogP contribution is 2.15. The molecule has 1 aromatic carbocycles. The van der Waals surface area contributed by atoms with Crippen molar-refractivity contribution >= 4 is 17.5 Å². The SMILES string of the molecule is CCc1ccccc1NC(=O)Cn1c(N)nc(CC)c(C)c1=O. The lowest BCUT2D eigenvalue weighted by Gasteiger charge is -2.13. The number of aromatic nitrogens is 2. The van der Waals surface area contributed by atoms with Gasteiger partial charge >= 0.3 is 0 Å². The van der Waals surface area contributed by atoms with E-state index in [2.05, 4.69) is 10.3 Å². The van der Waals surface area contributed by atoms with E-state index in [1.807, 2.05) is 38.1 Å². The number of nitrogens with one attached hydrogen (secondary N) is 1. The van der Waals surface area contributed by atoms with E-state index in [9.17, 15) is 9.59 Å². The Bertz CT molecular complexity index is 781. The molecule has 0 spiro atoms. The minimum atomic E-state index is -0.301. The van der Waals surface area contributed by atoms with Gasteiger partial charge in [-0.2, -0.15) is 0 Å². The Labute approximate surface area is 135 Å². The molecule has 0 atom stereocenters. The van der Waals surface area contributed by atoms with Crippen LogP contribution in [0.2, 0.25) is 0 Å². The standard InChI is InChI=1S/C17H22N4O2/c1-4-12-8-6-7-9-14(12)19-15(22)10-21-16(23)11(3)13(5-2)20-17(21)18/h6-9H,4-5,10H2,1-3H3,(H2,18,20)(H,19,22). The molecule has 0 radical (unpaired) electrons. The summed E-state index contributed by atoms with van der Waals surface area (Å²) in [5.74, 6) is -0.235. The van der Waals surface area contributed by atoms with Gasteiger partial charge in [-0.15, -0.1) is 0 Å². The van der Waals surface area contributed by atoms with Crippen LogP contribution in [0.5, 0.6) is 0 Å². The molecule has 0 saturated heterocycles. The van der Waals surface area contributed by atoms with E-state index in [4.69, 9.17) is 5.73 Å². The highest BCUT2D eigenvalue weighted by atomic mass is 16.2. The van der Waals surface area contributed by atoms with Gasteiger partial charge in [-0.05, 0) is 31.4 Å². The zero-order valence-corrected chi connectivity index (χ0v) is 13.7. The Morgan fingerprint density at radius 3 is 2.61 bits per heavy atom. The highest BCUT2D eigenvalue weighted by molar-refractivity contribution is 5.91. The van der Waals surface area contributed by atoms with Crippen molar-refractivity contribution in [1.82, 2.24) is 9.55 Å². The number of carbonyl (C=O) groups excluding carboxylic acids is 1. The van der Waals surface area contributed by atoms with Crippen LogP contribution in [0.3, 0.4) is 0 Å². The smallest absolute Gasteiger partial charge is 0.258 e. The summed E-state index contributed by atoms with van der Waals surface area (Å²) < 4.78 is 1.21. The van der Waals surface area contributed by atoms with Crippen molar-refractivity contribution in [3.05, 3.63) is 51.4 Å². The fraction of sp³-hybridized carbons (Fsp3) is 0.353. The summed E-state index contributed by atoms with van der Waals surface area (Å²) in [6.45, 7) is 5.48. The first-order valence-corrected chi connectivity index (χ1v) is 7.71. The molecule has 6 nitrogen and oxygen atoms in total. The molecule has 3 N–H and O–H groups in total. The van der Waals surface area contributed by atoms with Gasteiger partial charge in [-0.1, -0.05) is 32.0 Å². The number of amides is 1. The summed E-state index contributed by atoms with van der Waals surface area (Å²) in [5, 5.41) is 2.83. The highest BCUT2D eigenvalue weighted by Gasteiger charge is 2.14. The van der Waals surface area contributed by atoms with Crippen molar-refractivity contribution in [1.29, 1.82) is 0 Å². The second kappa shape index (κ2) is 7.09. The van der Waals surface area contributed by atoms with E-state index in [-0.39, 0.29) is 24.0 Å². The number of anilines is 2. The third-order valence-electron chi connectivity index (χ3n) is 3.83. The number of benzene rings is 1. The van der Waals surface area contributed by atoms with Gasteiger partial charge in [0.1, 0.15) is 6.54 Å². The largest absolute Gasteiger partial charge is 0.369 e. The van der Waals surface area contributed by atoms with E-state index < -0.39 is 0 Å². The summed E-state index contributed by atoms with van der Waals surface area (Å²) in [6, 6.07) is 7.58. The third kappa shape index (κ3) is 3.59. The minimum absolute atomic E-state index is 0.0661. The maximum absolute atomic E-state index is 12.3. The fourth-order valence-corrected chi connectivity index (χ4v) is 2.49. The van der Waals surface area contributed by atoms with Gasteiger partial charge in [0.2, 0.25) is 11.9 Å². The van der Waals surface area contributed by atoms with Crippen LogP contribution < -0.4 is 16.6 Å². The van der Waals surface area contributed by atoms with Crippen LogP contribution in [0.25, 0.3) is 0 Å². The van der Waals surface area contributed by atoms with Gasteiger partial charge < -0.3 is 11.1 Å². The van der Waals surface area contributed by atoms with Gasteiger partial charge in [0, 0.05) is 11.3 Å². The van der Waals surface area contributed by atoms with Crippen molar-refractivity contribution in [2.75, 3.05) is 11.1 Å². The second-order valence-corrected chi connectivity index (χ2v) is 5.35. The topological polar surface area (TPSA) is 90.0 Å². The molecule has 2 aromatic rings. The maximum atomic E-state index is 12.3. The first kappa shape index (κ1) is 16.7. The average molecular weight is 314 g/mol. The predicted octanol–water partition coefficient (Wildman–Crippen LogP) is 1.90. The van der Waals surface area contributed by atoms with E-state index in [0.29, 0.717) is 17.7 Å². The number of nitrogens with zero attached hydrogens (tertiary/aromatic N) is 2. The number of hydrogen-bond donors (Lipinski definition) is 2. The molecule has 0 unspecified atom stereocenters. The molecule has 2 rings (SSSR count). The quantitative estimate of drug-likeness (QED) is 0.882. The lowest BCUT2D eigenvalue weighted by atomic mass is 10.1. The molecule has 23 heavy (non-hydrogen) atoms. The number of para-hydroxylation sites is 1. The number of aryl methyl sites for hydroxylation is 2. The predicted molar refractivity (Wildman–Crippen MR) is 91.5 cm³/mol. The Morgan fingerprint density at radius 2 is 1.96 bits per heavy atom. The Kier molecular flexibility index (Phi) is 5.16. The van der Waals surface area contributed by atoms with Crippen LogP contribution in [0.4, 0.5) is 11.6 Å². The maximum Gasteiger partial charge on any atom is 0.258 e. The number of nitrogen functional groups attached to an aromatic ring is 1. The van der Waals surface area contributed by atoms with Crippen molar-refractivity contribution in [3.63, 3.8) is 0 Å². The molecule has 6 heteroatoms. The van der Waals surface area contributed by atoms with Crippen LogP contribution in [-0.4, -0.2) is 15.5 Å². The Balaban J connectivity index is 2.24. The molecule has 0 aliphatic carbocycles. The molecule has 0 fully saturated rings. The molecule has 0 saturated carbocycles. The van der Waals surface area contributed by atoms with Crippen LogP contribution in [0.15, 0.2) is 29.1 Å². The summed E-state index contributed by atoms with van der Waals surface area (Å²) in [4.78, 5) is 28.8. The normalized spacial score (nSPS) is 10.6. The first-order chi connectivity index (χ1) is 11.0. The van der Waals surface area contributed by atoms with Gasteiger partial charge in [0.15, 0.2) is 0 Å². The second-order valence-electron chi connectivity index (χ2n) is 5.35. The van der Waals surface area contributed by atoms with Gasteiger partial charge in [-0.3, -0.25) is 14.2 Å². The zero-order valence-electron chi connectivity index (χ0n) is 13.7. The lowest BCUT2D eigenvalue weighted by molar-refractivity contribution is -0.116. The summed E-state index contributed by atoms with van der Waals surface area (Å²) in [5.41, 5.74) is 8.55. The van der Waals surface area contributed by atoms with E-state index in [1.165, 1.54) is 4.57 Å². The zero-order chi connectivity index (χ0) is 17.0. The Hall–Kier alpha value is -2.63. The van der Waals surface area contributed by atoms with Gasteiger partial charge in [0.25, 0.3) is 5.56 Å². The van der Waals surface area contributed by atoms with E-state index >= 15 is 0 Å². The molecule has 122 valence electrons. The minimum Gasteiger partial charge on any atom is -0.369 e. The Morgan fingerprint density at radius 1 is 1.26 bits per heavy atom. The molecule has 0 aliphatic heterocycles. The van der Waals surface area contributed by atoms with Crippen molar-refractivity contribution in [2.45, 2.75) is 40.2 Å². The van der Waals surface area contributed by atoms with Crippen molar-refractivity contribution < 1.29 is 4.79 Å². The molecular formula is C17H22N4O2. The summed E-state index contributed by atoms with van der Waals surface area (Å²) >= 11 is 0. The summed E-state index contributed by atoms with van der Waals surface area (Å²) in [7, 11) is 0. The average Bonchev–Trinajstić information content (AvgIpc) is 2.55. The fourth-order valence-electron chi connectivity index (χ4n) is 2.49. The van der Waals surface area contributed by atoms with Crippen molar-refractivity contribution in [2.24, 2.45) is 0 Å². The van der Waals surface area contributed by atoms with Gasteiger partial charge in [0.05, 0.1) is 5.69 Å². The van der Waals surface area contributed by atoms with Crippen LogP contribution in [0, 0.1) is 6.92 Å². The molecule has 1 aromatic heterocycles. The van der Waals surface area contributed by atoms with E-state index in [0.717, 1.165) is 17.7 Å². The molecule has 0 bridgehead atoms. The summed E-state index contributed by atoms with van der Waals surface area (Å²) in [6.07, 6.45) is 1.44.